The van der Waals surface area contributed by atoms with Gasteiger partial charge in [-0.1, -0.05) is 0 Å². The van der Waals surface area contributed by atoms with Gasteiger partial charge in [0.2, 0.25) is 0 Å². The summed E-state index contributed by atoms with van der Waals surface area (Å²) >= 11 is 0. The Bertz CT molecular complexity index is 614. The zero-order valence-electron chi connectivity index (χ0n) is 10.1. The molecule has 2 rings (SSSR count). The van der Waals surface area contributed by atoms with Crippen LogP contribution < -0.4 is 4.90 Å². The molecule has 2 aromatic rings. The maximum Gasteiger partial charge on any atom is 0.338 e. The van der Waals surface area contributed by atoms with E-state index in [4.69, 9.17) is 5.11 Å². The number of pyridine rings is 2. The fourth-order valence-electron chi connectivity index (χ4n) is 1.58. The molecule has 0 aromatic carbocycles. The van der Waals surface area contributed by atoms with Crippen molar-refractivity contribution in [3.05, 3.63) is 54.1 Å². The van der Waals surface area contributed by atoms with Gasteiger partial charge >= 0.3 is 5.97 Å². The summed E-state index contributed by atoms with van der Waals surface area (Å²) in [7, 11) is 1.54. The van der Waals surface area contributed by atoms with Crippen LogP contribution in [0, 0.1) is 0 Å². The lowest BCUT2D eigenvalue weighted by atomic mass is 10.1. The van der Waals surface area contributed by atoms with E-state index >= 15 is 0 Å². The minimum Gasteiger partial charge on any atom is -0.478 e. The maximum absolute atomic E-state index is 12.2. The number of anilines is 1. The monoisotopic (exact) mass is 257 g/mol. The number of rotatable bonds is 3. The topological polar surface area (TPSA) is 83.4 Å². The Hall–Kier alpha value is -2.76. The number of carboxylic acid groups (broad SMARTS) is 1. The highest BCUT2D eigenvalue weighted by atomic mass is 16.4. The Morgan fingerprint density at radius 1 is 1.21 bits per heavy atom. The summed E-state index contributed by atoms with van der Waals surface area (Å²) in [5, 5.41) is 9.04. The maximum atomic E-state index is 12.2. The summed E-state index contributed by atoms with van der Waals surface area (Å²) in [4.78, 5) is 32.4. The van der Waals surface area contributed by atoms with Crippen molar-refractivity contribution in [2.45, 2.75) is 0 Å². The third-order valence-corrected chi connectivity index (χ3v) is 2.58. The molecule has 0 fully saturated rings. The van der Waals surface area contributed by atoms with E-state index in [2.05, 4.69) is 9.97 Å². The fourth-order valence-corrected chi connectivity index (χ4v) is 1.58. The Labute approximate surface area is 109 Å². The van der Waals surface area contributed by atoms with E-state index in [1.165, 1.54) is 29.4 Å². The van der Waals surface area contributed by atoms with Crippen LogP contribution in [0.4, 0.5) is 5.69 Å². The van der Waals surface area contributed by atoms with Crippen LogP contribution in [0.3, 0.4) is 0 Å². The van der Waals surface area contributed by atoms with Crippen LogP contribution in [-0.4, -0.2) is 34.0 Å². The predicted molar refractivity (Wildman–Crippen MR) is 68.2 cm³/mol. The first-order valence-electron chi connectivity index (χ1n) is 5.47. The van der Waals surface area contributed by atoms with Crippen molar-refractivity contribution in [2.24, 2.45) is 0 Å². The minimum atomic E-state index is -1.18. The highest BCUT2D eigenvalue weighted by molar-refractivity contribution is 6.10. The second-order valence-electron chi connectivity index (χ2n) is 3.78. The van der Waals surface area contributed by atoms with E-state index < -0.39 is 11.9 Å². The SMILES string of the molecule is CN(C(=O)c1ncccc1C(=O)O)c1cccnc1. The zero-order chi connectivity index (χ0) is 13.8. The van der Waals surface area contributed by atoms with Crippen molar-refractivity contribution in [2.75, 3.05) is 11.9 Å². The van der Waals surface area contributed by atoms with Gasteiger partial charge in [0.15, 0.2) is 0 Å². The zero-order valence-corrected chi connectivity index (χ0v) is 10.1. The number of carbonyl (C=O) groups excluding carboxylic acids is 1. The lowest BCUT2D eigenvalue weighted by Crippen LogP contribution is -2.29. The predicted octanol–water partition coefficient (Wildman–Crippen LogP) is 1.45. The van der Waals surface area contributed by atoms with Gasteiger partial charge < -0.3 is 10.0 Å². The molecule has 0 saturated carbocycles. The lowest BCUT2D eigenvalue weighted by Gasteiger charge is -2.16. The van der Waals surface area contributed by atoms with Gasteiger partial charge in [-0.25, -0.2) is 4.79 Å². The first-order chi connectivity index (χ1) is 9.11. The summed E-state index contributed by atoms with van der Waals surface area (Å²) in [5.74, 6) is -1.68. The molecule has 0 aliphatic carbocycles. The van der Waals surface area contributed by atoms with Crippen molar-refractivity contribution in [1.82, 2.24) is 9.97 Å². The van der Waals surface area contributed by atoms with Crippen LogP contribution in [0.1, 0.15) is 20.8 Å². The summed E-state index contributed by atoms with van der Waals surface area (Å²) in [6, 6.07) is 6.22. The molecule has 0 unspecified atom stereocenters. The van der Waals surface area contributed by atoms with Gasteiger partial charge in [0.25, 0.3) is 5.91 Å². The normalized spacial score (nSPS) is 9.95. The van der Waals surface area contributed by atoms with Crippen LogP contribution in [0.25, 0.3) is 0 Å². The molecule has 6 nitrogen and oxygen atoms in total. The molecular weight excluding hydrogens is 246 g/mol. The van der Waals surface area contributed by atoms with Crippen LogP contribution in [0.2, 0.25) is 0 Å². The number of carbonyl (C=O) groups is 2. The van der Waals surface area contributed by atoms with Crippen LogP contribution in [0.5, 0.6) is 0 Å². The summed E-state index contributed by atoms with van der Waals surface area (Å²) in [6.07, 6.45) is 4.49. The molecule has 0 aliphatic rings. The van der Waals surface area contributed by atoms with Gasteiger partial charge in [0.05, 0.1) is 17.4 Å². The molecule has 0 spiro atoms. The number of aromatic nitrogens is 2. The van der Waals surface area contributed by atoms with Crippen molar-refractivity contribution >= 4 is 17.6 Å². The van der Waals surface area contributed by atoms with Crippen molar-refractivity contribution < 1.29 is 14.7 Å². The molecule has 0 atom stereocenters. The Kier molecular flexibility index (Phi) is 3.51. The highest BCUT2D eigenvalue weighted by Crippen LogP contribution is 2.14. The Balaban J connectivity index is 2.38. The van der Waals surface area contributed by atoms with Gasteiger partial charge in [-0.05, 0) is 24.3 Å². The highest BCUT2D eigenvalue weighted by Gasteiger charge is 2.21. The minimum absolute atomic E-state index is 0.0960. The Morgan fingerprint density at radius 3 is 2.58 bits per heavy atom. The summed E-state index contributed by atoms with van der Waals surface area (Å²) < 4.78 is 0. The summed E-state index contributed by atoms with van der Waals surface area (Å²) in [6.45, 7) is 0. The third kappa shape index (κ3) is 2.57. The van der Waals surface area contributed by atoms with E-state index in [1.54, 1.807) is 25.4 Å². The number of hydrogen-bond acceptors (Lipinski definition) is 4. The van der Waals surface area contributed by atoms with Gasteiger partial charge in [-0.15, -0.1) is 0 Å². The van der Waals surface area contributed by atoms with E-state index in [-0.39, 0.29) is 11.3 Å². The molecule has 0 bridgehead atoms. The van der Waals surface area contributed by atoms with E-state index in [9.17, 15) is 9.59 Å². The molecule has 96 valence electrons. The standard InChI is InChI=1S/C13H11N3O3/c1-16(9-4-2-6-14-8-9)12(17)11-10(13(18)19)5-3-7-15-11/h2-8H,1H3,(H,18,19). The molecule has 0 saturated heterocycles. The van der Waals surface area contributed by atoms with E-state index in [0.717, 1.165) is 0 Å². The molecule has 6 heteroatoms. The van der Waals surface area contributed by atoms with Crippen molar-refractivity contribution in [3.63, 3.8) is 0 Å². The molecule has 0 radical (unpaired) electrons. The molecule has 0 aliphatic heterocycles. The fraction of sp³-hybridized carbons (Fsp3) is 0.0769. The average Bonchev–Trinajstić information content (AvgIpc) is 2.46. The average molecular weight is 257 g/mol. The lowest BCUT2D eigenvalue weighted by molar-refractivity contribution is 0.0691. The van der Waals surface area contributed by atoms with E-state index in [0.29, 0.717) is 5.69 Å². The summed E-state index contributed by atoms with van der Waals surface area (Å²) in [5.41, 5.74) is 0.346. The van der Waals surface area contributed by atoms with Gasteiger partial charge in [0.1, 0.15) is 5.69 Å². The van der Waals surface area contributed by atoms with Crippen molar-refractivity contribution in [3.8, 4) is 0 Å². The third-order valence-electron chi connectivity index (χ3n) is 2.58. The quantitative estimate of drug-likeness (QED) is 0.899. The number of nitrogens with zero attached hydrogens (tertiary/aromatic N) is 3. The van der Waals surface area contributed by atoms with E-state index in [1.807, 2.05) is 0 Å². The largest absolute Gasteiger partial charge is 0.478 e. The molecule has 19 heavy (non-hydrogen) atoms. The molecule has 2 aromatic heterocycles. The van der Waals surface area contributed by atoms with Crippen LogP contribution in [0.15, 0.2) is 42.9 Å². The van der Waals surface area contributed by atoms with Gasteiger partial charge in [-0.3, -0.25) is 14.8 Å². The van der Waals surface area contributed by atoms with Crippen LogP contribution in [-0.2, 0) is 0 Å². The van der Waals surface area contributed by atoms with Gasteiger partial charge in [-0.2, -0.15) is 0 Å². The Morgan fingerprint density at radius 2 is 1.95 bits per heavy atom. The number of aromatic carboxylic acids is 1. The molecule has 1 amide bonds. The van der Waals surface area contributed by atoms with Crippen molar-refractivity contribution in [1.29, 1.82) is 0 Å². The second-order valence-corrected chi connectivity index (χ2v) is 3.78. The first-order valence-corrected chi connectivity index (χ1v) is 5.47. The molecule has 1 N–H and O–H groups in total. The smallest absolute Gasteiger partial charge is 0.338 e. The number of carboxylic acids is 1. The second kappa shape index (κ2) is 5.26. The molecule has 2 heterocycles. The first kappa shape index (κ1) is 12.7. The molecular formula is C13H11N3O3. The number of amides is 1. The number of hydrogen-bond donors (Lipinski definition) is 1. The van der Waals surface area contributed by atoms with Gasteiger partial charge in [0, 0.05) is 19.4 Å². The van der Waals surface area contributed by atoms with Crippen LogP contribution >= 0.6 is 0 Å².